The quantitative estimate of drug-likeness (QED) is 0.319. The average molecular weight is 491 g/mol. The number of hydrogen-bond donors (Lipinski definition) is 2. The summed E-state index contributed by atoms with van der Waals surface area (Å²) < 4.78 is 13.0. The van der Waals surface area contributed by atoms with Gasteiger partial charge < -0.3 is 24.7 Å². The molecule has 0 aliphatic heterocycles. The molecular formula is C26H26N4O4S. The fraction of sp³-hybridized carbons (Fsp3) is 0.192. The molecule has 9 heteroatoms. The first-order valence-electron chi connectivity index (χ1n) is 11.0. The molecule has 0 spiro atoms. The van der Waals surface area contributed by atoms with Crippen LogP contribution in [0.5, 0.6) is 11.5 Å². The van der Waals surface area contributed by atoms with E-state index in [0.29, 0.717) is 28.4 Å². The van der Waals surface area contributed by atoms with Gasteiger partial charge in [-0.05, 0) is 31.2 Å². The maximum atomic E-state index is 12.8. The van der Waals surface area contributed by atoms with Crippen LogP contribution in [0.1, 0.15) is 17.3 Å². The Bertz CT molecular complexity index is 1350. The molecule has 180 valence electrons. The molecule has 0 unspecified atom stereocenters. The van der Waals surface area contributed by atoms with Crippen LogP contribution in [0.15, 0.2) is 71.9 Å². The summed E-state index contributed by atoms with van der Waals surface area (Å²) in [6.45, 7) is 2.80. The molecule has 0 aliphatic carbocycles. The van der Waals surface area contributed by atoms with E-state index in [4.69, 9.17) is 9.47 Å². The van der Waals surface area contributed by atoms with E-state index in [1.165, 1.54) is 26.0 Å². The maximum Gasteiger partial charge on any atom is 0.255 e. The lowest BCUT2D eigenvalue weighted by atomic mass is 10.2. The Morgan fingerprint density at radius 1 is 0.914 bits per heavy atom. The minimum atomic E-state index is -0.280. The predicted octanol–water partition coefficient (Wildman–Crippen LogP) is 5.06. The monoisotopic (exact) mass is 490 g/mol. The molecule has 0 saturated heterocycles. The average Bonchev–Trinajstić information content (AvgIpc) is 3.26. The molecule has 0 saturated carbocycles. The molecule has 1 heterocycles. The molecule has 35 heavy (non-hydrogen) atoms. The van der Waals surface area contributed by atoms with E-state index in [2.05, 4.69) is 20.2 Å². The van der Waals surface area contributed by atoms with Crippen LogP contribution < -0.4 is 20.1 Å². The highest BCUT2D eigenvalue weighted by Crippen LogP contribution is 2.37. The number of anilines is 2. The molecule has 0 bridgehead atoms. The zero-order valence-electron chi connectivity index (χ0n) is 19.7. The van der Waals surface area contributed by atoms with Crippen molar-refractivity contribution in [3.05, 3.63) is 72.3 Å². The molecule has 0 fully saturated rings. The number of nitrogens with zero attached hydrogens (tertiary/aromatic N) is 2. The number of amides is 2. The number of carbonyl (C=O) groups is 2. The third kappa shape index (κ3) is 5.41. The predicted molar refractivity (Wildman–Crippen MR) is 139 cm³/mol. The van der Waals surface area contributed by atoms with E-state index >= 15 is 0 Å². The number of thioether (sulfide) groups is 1. The second-order valence-electron chi connectivity index (χ2n) is 7.54. The summed E-state index contributed by atoms with van der Waals surface area (Å²) in [5.41, 5.74) is 3.33. The van der Waals surface area contributed by atoms with Gasteiger partial charge in [-0.25, -0.2) is 4.98 Å². The van der Waals surface area contributed by atoms with Crippen LogP contribution in [0.2, 0.25) is 0 Å². The second-order valence-corrected chi connectivity index (χ2v) is 8.48. The summed E-state index contributed by atoms with van der Waals surface area (Å²) in [6.07, 6.45) is 0. The summed E-state index contributed by atoms with van der Waals surface area (Å²) in [5.74, 6) is 0.463. The molecule has 0 radical (unpaired) electrons. The van der Waals surface area contributed by atoms with Gasteiger partial charge in [0, 0.05) is 24.2 Å². The number of rotatable bonds is 9. The van der Waals surface area contributed by atoms with Gasteiger partial charge in [0.15, 0.2) is 5.16 Å². The van der Waals surface area contributed by atoms with E-state index in [1.54, 1.807) is 36.4 Å². The molecule has 1 aromatic heterocycles. The largest absolute Gasteiger partial charge is 0.494 e. The smallest absolute Gasteiger partial charge is 0.255 e. The van der Waals surface area contributed by atoms with Crippen LogP contribution in [-0.2, 0) is 11.3 Å². The van der Waals surface area contributed by atoms with Crippen LogP contribution >= 0.6 is 11.8 Å². The number of benzene rings is 3. The van der Waals surface area contributed by atoms with Crippen molar-refractivity contribution in [2.45, 2.75) is 18.6 Å². The number of imidazole rings is 1. The van der Waals surface area contributed by atoms with Crippen molar-refractivity contribution in [1.29, 1.82) is 0 Å². The van der Waals surface area contributed by atoms with Crippen molar-refractivity contribution in [2.24, 2.45) is 0 Å². The van der Waals surface area contributed by atoms with Crippen LogP contribution in [0.25, 0.3) is 11.0 Å². The van der Waals surface area contributed by atoms with Crippen LogP contribution in [0, 0.1) is 0 Å². The Hall–Kier alpha value is -3.98. The third-order valence-corrected chi connectivity index (χ3v) is 6.32. The Morgan fingerprint density at radius 2 is 1.54 bits per heavy atom. The van der Waals surface area contributed by atoms with Crippen molar-refractivity contribution in [3.63, 3.8) is 0 Å². The number of hydrogen-bond acceptors (Lipinski definition) is 6. The number of nitrogens with one attached hydrogen (secondary N) is 2. The molecule has 4 rings (SSSR count). The zero-order valence-corrected chi connectivity index (χ0v) is 20.5. The normalized spacial score (nSPS) is 10.7. The van der Waals surface area contributed by atoms with Gasteiger partial charge >= 0.3 is 0 Å². The summed E-state index contributed by atoms with van der Waals surface area (Å²) in [5, 5.41) is 6.49. The first kappa shape index (κ1) is 24.2. The highest BCUT2D eigenvalue weighted by atomic mass is 32.2. The van der Waals surface area contributed by atoms with Gasteiger partial charge in [0.25, 0.3) is 5.91 Å². The molecule has 2 N–H and O–H groups in total. The Labute approximate surface area is 207 Å². The van der Waals surface area contributed by atoms with E-state index in [-0.39, 0.29) is 17.6 Å². The SMILES string of the molecule is CCn1c(SCC(=O)Nc2cc(OC)c(NC(=O)c3ccccc3)cc2OC)nc2ccccc21. The number of methoxy groups -OCH3 is 2. The number of para-hydroxylation sites is 2. The highest BCUT2D eigenvalue weighted by Gasteiger charge is 2.17. The Balaban J connectivity index is 1.48. The molecule has 4 aromatic rings. The Morgan fingerprint density at radius 3 is 2.20 bits per heavy atom. The van der Waals surface area contributed by atoms with Gasteiger partial charge in [-0.2, -0.15) is 0 Å². The van der Waals surface area contributed by atoms with Gasteiger partial charge in [-0.15, -0.1) is 0 Å². The van der Waals surface area contributed by atoms with E-state index in [0.717, 1.165) is 22.7 Å². The fourth-order valence-corrected chi connectivity index (χ4v) is 4.54. The van der Waals surface area contributed by atoms with Gasteiger partial charge in [-0.1, -0.05) is 42.1 Å². The minimum Gasteiger partial charge on any atom is -0.494 e. The van der Waals surface area contributed by atoms with E-state index in [1.807, 2.05) is 37.3 Å². The number of ether oxygens (including phenoxy) is 2. The van der Waals surface area contributed by atoms with Crippen molar-refractivity contribution in [1.82, 2.24) is 9.55 Å². The first-order chi connectivity index (χ1) is 17.0. The van der Waals surface area contributed by atoms with E-state index < -0.39 is 0 Å². The molecule has 3 aromatic carbocycles. The van der Waals surface area contributed by atoms with E-state index in [9.17, 15) is 9.59 Å². The summed E-state index contributed by atoms with van der Waals surface area (Å²) in [4.78, 5) is 30.0. The lowest BCUT2D eigenvalue weighted by Gasteiger charge is -2.16. The minimum absolute atomic E-state index is 0.168. The standard InChI is InChI=1S/C26H26N4O4S/c1-4-30-21-13-9-8-12-18(21)29-26(30)35-16-24(31)27-19-14-23(34-3)20(15-22(19)33-2)28-25(32)17-10-6-5-7-11-17/h5-15H,4,16H2,1-3H3,(H,27,31)(H,28,32). The third-order valence-electron chi connectivity index (χ3n) is 5.35. The summed E-state index contributed by atoms with van der Waals surface area (Å²) in [6, 6.07) is 20.0. The van der Waals surface area contributed by atoms with Crippen LogP contribution in [-0.4, -0.2) is 41.3 Å². The fourth-order valence-electron chi connectivity index (χ4n) is 3.66. The zero-order chi connectivity index (χ0) is 24.8. The first-order valence-corrected chi connectivity index (χ1v) is 12.0. The highest BCUT2D eigenvalue weighted by molar-refractivity contribution is 7.99. The van der Waals surface area contributed by atoms with Crippen molar-refractivity contribution in [2.75, 3.05) is 30.6 Å². The number of carbonyl (C=O) groups excluding carboxylic acids is 2. The lowest BCUT2D eigenvalue weighted by molar-refractivity contribution is -0.113. The molecule has 8 nitrogen and oxygen atoms in total. The Kier molecular flexibility index (Phi) is 7.57. The molecule has 0 atom stereocenters. The second kappa shape index (κ2) is 11.0. The van der Waals surface area contributed by atoms with Crippen LogP contribution in [0.3, 0.4) is 0 Å². The van der Waals surface area contributed by atoms with Crippen molar-refractivity contribution < 1.29 is 19.1 Å². The van der Waals surface area contributed by atoms with Gasteiger partial charge in [0.1, 0.15) is 11.5 Å². The number of aryl methyl sites for hydroxylation is 1. The lowest BCUT2D eigenvalue weighted by Crippen LogP contribution is -2.16. The van der Waals surface area contributed by atoms with Crippen LogP contribution in [0.4, 0.5) is 11.4 Å². The summed E-state index contributed by atoms with van der Waals surface area (Å²) >= 11 is 1.37. The molecule has 0 aliphatic rings. The van der Waals surface area contributed by atoms with Gasteiger partial charge in [0.2, 0.25) is 5.91 Å². The van der Waals surface area contributed by atoms with Crippen molar-refractivity contribution >= 4 is 46.0 Å². The summed E-state index contributed by atoms with van der Waals surface area (Å²) in [7, 11) is 3.00. The number of fused-ring (bicyclic) bond motifs is 1. The molecular weight excluding hydrogens is 464 g/mol. The number of aromatic nitrogens is 2. The topological polar surface area (TPSA) is 94.5 Å². The maximum absolute atomic E-state index is 12.8. The van der Waals surface area contributed by atoms with Gasteiger partial charge in [-0.3, -0.25) is 9.59 Å². The van der Waals surface area contributed by atoms with Crippen molar-refractivity contribution in [3.8, 4) is 11.5 Å². The van der Waals surface area contributed by atoms with Gasteiger partial charge in [0.05, 0.1) is 42.4 Å². The molecule has 2 amide bonds.